The minimum absolute atomic E-state index is 0.0686. The van der Waals surface area contributed by atoms with Gasteiger partial charge >= 0.3 is 24.2 Å². The molecule has 176 valence electrons. The Bertz CT molecular complexity index is 414. The van der Waals surface area contributed by atoms with Crippen LogP contribution in [0.5, 0.6) is 0 Å². The van der Waals surface area contributed by atoms with Crippen molar-refractivity contribution in [3.63, 3.8) is 0 Å². The minimum atomic E-state index is -5.74. The molecule has 0 amide bonds. The van der Waals surface area contributed by atoms with Gasteiger partial charge in [-0.25, -0.2) is 0 Å². The zero-order valence-electron chi connectivity index (χ0n) is 15.2. The lowest BCUT2D eigenvalue weighted by molar-refractivity contribution is -0.303. The van der Waals surface area contributed by atoms with Crippen molar-refractivity contribution in [3.8, 4) is 0 Å². The molecular formula is C16H22Cl2F10S. The SMILES string of the molecule is FC(F)(F)C(F)(F)C(CCCCl)CCSCCC(CCCCl)C(F)(F)C(F)(F)F. The predicted octanol–water partition coefficient (Wildman–Crippen LogP) is 8.17. The fraction of sp³-hybridized carbons (Fsp3) is 1.00. The molecule has 0 aliphatic carbocycles. The fourth-order valence-corrected chi connectivity index (χ4v) is 4.09. The molecule has 0 bridgehead atoms. The molecule has 0 saturated heterocycles. The molecule has 0 fully saturated rings. The molecule has 0 radical (unpaired) electrons. The van der Waals surface area contributed by atoms with Gasteiger partial charge in [0.05, 0.1) is 0 Å². The highest BCUT2D eigenvalue weighted by molar-refractivity contribution is 7.99. The monoisotopic (exact) mass is 506 g/mol. The average Bonchev–Trinajstić information content (AvgIpc) is 2.57. The maximum atomic E-state index is 13.6. The average molecular weight is 507 g/mol. The summed E-state index contributed by atoms with van der Waals surface area (Å²) < 4.78 is 130. The maximum absolute atomic E-state index is 13.6. The lowest BCUT2D eigenvalue weighted by Gasteiger charge is -2.29. The second-order valence-corrected chi connectivity index (χ2v) is 8.47. The summed E-state index contributed by atoms with van der Waals surface area (Å²) >= 11 is 11.5. The smallest absolute Gasteiger partial charge is 0.196 e. The topological polar surface area (TPSA) is 0 Å². The van der Waals surface area contributed by atoms with E-state index in [2.05, 4.69) is 0 Å². The summed E-state index contributed by atoms with van der Waals surface area (Å²) in [4.78, 5) is 0. The molecule has 0 aliphatic rings. The number of halogens is 12. The Hall–Kier alpha value is 0.230. The molecule has 0 aromatic rings. The summed E-state index contributed by atoms with van der Waals surface area (Å²) in [5.74, 6) is -14.7. The van der Waals surface area contributed by atoms with Gasteiger partial charge in [0.25, 0.3) is 0 Å². The Balaban J connectivity index is 4.79. The van der Waals surface area contributed by atoms with E-state index in [1.54, 1.807) is 0 Å². The highest BCUT2D eigenvalue weighted by Gasteiger charge is 2.62. The van der Waals surface area contributed by atoms with Crippen LogP contribution in [0.25, 0.3) is 0 Å². The van der Waals surface area contributed by atoms with Gasteiger partial charge in [0.2, 0.25) is 0 Å². The number of hydrogen-bond donors (Lipinski definition) is 0. The molecule has 0 rings (SSSR count). The van der Waals surface area contributed by atoms with E-state index in [0.717, 1.165) is 11.8 Å². The third kappa shape index (κ3) is 9.09. The highest BCUT2D eigenvalue weighted by Crippen LogP contribution is 2.46. The Morgan fingerprint density at radius 2 is 0.862 bits per heavy atom. The van der Waals surface area contributed by atoms with Crippen LogP contribution >= 0.6 is 35.0 Å². The van der Waals surface area contributed by atoms with E-state index in [1.807, 2.05) is 0 Å². The van der Waals surface area contributed by atoms with Gasteiger partial charge in [0.1, 0.15) is 0 Å². The van der Waals surface area contributed by atoms with Crippen molar-refractivity contribution < 1.29 is 43.9 Å². The van der Waals surface area contributed by atoms with Gasteiger partial charge in [0, 0.05) is 23.6 Å². The second kappa shape index (κ2) is 12.3. The van der Waals surface area contributed by atoms with Crippen molar-refractivity contribution in [1.29, 1.82) is 0 Å². The molecular weight excluding hydrogens is 485 g/mol. The van der Waals surface area contributed by atoms with Crippen molar-refractivity contribution in [2.75, 3.05) is 23.3 Å². The Morgan fingerprint density at radius 3 is 1.10 bits per heavy atom. The number of alkyl halides is 12. The van der Waals surface area contributed by atoms with Gasteiger partial charge in [-0.15, -0.1) is 23.2 Å². The normalized spacial score (nSPS) is 16.1. The van der Waals surface area contributed by atoms with Gasteiger partial charge in [0.15, 0.2) is 0 Å². The largest absolute Gasteiger partial charge is 0.453 e. The van der Waals surface area contributed by atoms with Crippen LogP contribution in [-0.2, 0) is 0 Å². The minimum Gasteiger partial charge on any atom is -0.196 e. The molecule has 2 atom stereocenters. The summed E-state index contributed by atoms with van der Waals surface area (Å²) in [6.45, 7) is 0. The first-order chi connectivity index (χ1) is 13.1. The van der Waals surface area contributed by atoms with Crippen LogP contribution in [0.1, 0.15) is 38.5 Å². The van der Waals surface area contributed by atoms with Crippen LogP contribution in [0.4, 0.5) is 43.9 Å². The van der Waals surface area contributed by atoms with Crippen molar-refractivity contribution >= 4 is 35.0 Å². The first-order valence-corrected chi connectivity index (χ1v) is 10.9. The number of thioether (sulfide) groups is 1. The molecule has 0 aromatic heterocycles. The third-order valence-corrected chi connectivity index (χ3v) is 5.96. The standard InChI is InChI=1S/C16H22Cl2F10S/c17-7-1-3-11(13(19,20)15(23,24)25)5-9-29-10-6-12(4-2-8-18)14(21,22)16(26,27)28/h11-12H,1-10H2. The van der Waals surface area contributed by atoms with E-state index >= 15 is 0 Å². The van der Waals surface area contributed by atoms with Crippen LogP contribution in [0, 0.1) is 11.8 Å². The molecule has 13 heteroatoms. The maximum Gasteiger partial charge on any atom is 0.453 e. The summed E-state index contributed by atoms with van der Waals surface area (Å²) in [6, 6.07) is 0. The second-order valence-electron chi connectivity index (χ2n) is 6.49. The molecule has 2 unspecified atom stereocenters. The zero-order chi connectivity index (χ0) is 22.9. The van der Waals surface area contributed by atoms with E-state index in [-0.39, 0.29) is 36.1 Å². The number of hydrogen-bond acceptors (Lipinski definition) is 1. The molecule has 0 aliphatic heterocycles. The molecule has 0 saturated carbocycles. The fourth-order valence-electron chi connectivity index (χ4n) is 2.68. The van der Waals surface area contributed by atoms with E-state index < -0.39 is 61.7 Å². The van der Waals surface area contributed by atoms with Gasteiger partial charge in [-0.3, -0.25) is 0 Å². The van der Waals surface area contributed by atoms with Crippen LogP contribution < -0.4 is 0 Å². The number of rotatable bonds is 14. The van der Waals surface area contributed by atoms with Crippen molar-refractivity contribution in [3.05, 3.63) is 0 Å². The Morgan fingerprint density at radius 1 is 0.552 bits per heavy atom. The Labute approximate surface area is 177 Å². The lowest BCUT2D eigenvalue weighted by atomic mass is 9.93. The van der Waals surface area contributed by atoms with Gasteiger partial charge < -0.3 is 0 Å². The summed E-state index contributed by atoms with van der Waals surface area (Å²) in [6.07, 6.45) is -13.7. The van der Waals surface area contributed by atoms with E-state index in [4.69, 9.17) is 23.2 Å². The lowest BCUT2D eigenvalue weighted by Crippen LogP contribution is -2.44. The van der Waals surface area contributed by atoms with Crippen LogP contribution in [0.15, 0.2) is 0 Å². The molecule has 0 spiro atoms. The van der Waals surface area contributed by atoms with Crippen LogP contribution in [-0.4, -0.2) is 47.5 Å². The van der Waals surface area contributed by atoms with Gasteiger partial charge in [-0.2, -0.15) is 55.7 Å². The van der Waals surface area contributed by atoms with Gasteiger partial charge in [-0.05, 0) is 50.0 Å². The molecule has 0 N–H and O–H groups in total. The van der Waals surface area contributed by atoms with Crippen LogP contribution in [0.3, 0.4) is 0 Å². The van der Waals surface area contributed by atoms with Crippen molar-refractivity contribution in [2.45, 2.75) is 62.7 Å². The Kier molecular flexibility index (Phi) is 12.4. The molecule has 0 nitrogen and oxygen atoms in total. The summed E-state index contributed by atoms with van der Waals surface area (Å²) in [5.41, 5.74) is 0. The quantitative estimate of drug-likeness (QED) is 0.130. The third-order valence-electron chi connectivity index (χ3n) is 4.38. The molecule has 29 heavy (non-hydrogen) atoms. The first kappa shape index (κ1) is 29.2. The predicted molar refractivity (Wildman–Crippen MR) is 95.5 cm³/mol. The molecule has 0 heterocycles. The highest BCUT2D eigenvalue weighted by atomic mass is 35.5. The summed E-state index contributed by atoms with van der Waals surface area (Å²) in [7, 11) is 0. The van der Waals surface area contributed by atoms with Crippen LogP contribution in [0.2, 0.25) is 0 Å². The van der Waals surface area contributed by atoms with E-state index in [1.165, 1.54) is 0 Å². The van der Waals surface area contributed by atoms with Gasteiger partial charge in [-0.1, -0.05) is 0 Å². The van der Waals surface area contributed by atoms with E-state index in [0.29, 0.717) is 0 Å². The van der Waals surface area contributed by atoms with E-state index in [9.17, 15) is 43.9 Å². The molecule has 0 aromatic carbocycles. The summed E-state index contributed by atoms with van der Waals surface area (Å²) in [5, 5.41) is 0. The van der Waals surface area contributed by atoms with Crippen molar-refractivity contribution in [1.82, 2.24) is 0 Å². The zero-order valence-corrected chi connectivity index (χ0v) is 17.5. The first-order valence-electron chi connectivity index (χ1n) is 8.71. The van der Waals surface area contributed by atoms with Crippen molar-refractivity contribution in [2.24, 2.45) is 11.8 Å².